The van der Waals surface area contributed by atoms with E-state index < -0.39 is 55.0 Å². The Morgan fingerprint density at radius 1 is 0.750 bits per heavy atom. The number of aromatic hydroxyl groups is 1. The fraction of sp³-hybridized carbons (Fsp3) is 0.278. The van der Waals surface area contributed by atoms with Gasteiger partial charge < -0.3 is 31.7 Å². The molecule has 0 saturated carbocycles. The maximum Gasteiger partial charge on any atom is 0.251 e. The minimum absolute atomic E-state index is 0.0192. The number of rotatable bonds is 15. The molecule has 48 heavy (non-hydrogen) atoms. The lowest BCUT2D eigenvalue weighted by Gasteiger charge is -2.26. The maximum atomic E-state index is 13.9. The number of phenolic OH excluding ortho intramolecular Hbond substituents is 1. The van der Waals surface area contributed by atoms with Crippen LogP contribution in [0.4, 0.5) is 0 Å². The zero-order chi connectivity index (χ0) is 34.8. The highest BCUT2D eigenvalue weighted by Gasteiger charge is 2.36. The van der Waals surface area contributed by atoms with E-state index in [9.17, 15) is 33.7 Å². The molecule has 2 unspecified atom stereocenters. The highest BCUT2D eigenvalue weighted by molar-refractivity contribution is 7.59. The molecule has 0 aromatic heterocycles. The van der Waals surface area contributed by atoms with Gasteiger partial charge in [-0.3, -0.25) is 23.7 Å². The van der Waals surface area contributed by atoms with Crippen LogP contribution >= 0.6 is 7.37 Å². The van der Waals surface area contributed by atoms with Gasteiger partial charge in [0.05, 0.1) is 0 Å². The maximum absolute atomic E-state index is 13.9. The van der Waals surface area contributed by atoms with Gasteiger partial charge in [-0.05, 0) is 58.5 Å². The third-order valence-electron chi connectivity index (χ3n) is 7.83. The molecule has 4 amide bonds. The molecule has 0 saturated heterocycles. The number of amides is 4. The number of carbonyl (C=O) groups is 4. The third kappa shape index (κ3) is 10.3. The summed E-state index contributed by atoms with van der Waals surface area (Å²) in [5, 5.41) is 19.1. The molecule has 0 fully saturated rings. The second kappa shape index (κ2) is 16.2. The Balaban J connectivity index is 1.49. The van der Waals surface area contributed by atoms with Gasteiger partial charge in [-0.15, -0.1) is 0 Å². The molecule has 7 N–H and O–H groups in total. The SMILES string of the molecule is CC(C)C[C@H](NC(=O)CP(=O)(O)C(Cc1ccccc1)NC(=O)c1ccc2ccccc2c1)C(=O)N[C@@H](Cc1ccc(O)cc1)C(N)=O. The Kier molecular flexibility index (Phi) is 12.1. The summed E-state index contributed by atoms with van der Waals surface area (Å²) in [6.45, 7) is 3.67. The van der Waals surface area contributed by atoms with E-state index in [-0.39, 0.29) is 30.9 Å². The Morgan fingerprint density at radius 3 is 2.02 bits per heavy atom. The van der Waals surface area contributed by atoms with Crippen molar-refractivity contribution in [2.45, 2.75) is 51.0 Å². The first-order valence-electron chi connectivity index (χ1n) is 15.6. The lowest BCUT2D eigenvalue weighted by atomic mass is 10.0. The summed E-state index contributed by atoms with van der Waals surface area (Å²) in [4.78, 5) is 63.5. The molecule has 4 aromatic carbocycles. The summed E-state index contributed by atoms with van der Waals surface area (Å²) < 4.78 is 13.9. The molecule has 0 aliphatic carbocycles. The van der Waals surface area contributed by atoms with Gasteiger partial charge in [-0.25, -0.2) is 0 Å². The molecule has 0 spiro atoms. The van der Waals surface area contributed by atoms with Gasteiger partial charge in [-0.1, -0.05) is 86.6 Å². The normalized spacial score (nSPS) is 14.3. The zero-order valence-electron chi connectivity index (χ0n) is 26.8. The van der Waals surface area contributed by atoms with Crippen molar-refractivity contribution in [2.24, 2.45) is 11.7 Å². The van der Waals surface area contributed by atoms with Gasteiger partial charge in [0.15, 0.2) is 0 Å². The van der Waals surface area contributed by atoms with Crippen LogP contribution in [0.3, 0.4) is 0 Å². The predicted octanol–water partition coefficient (Wildman–Crippen LogP) is 3.86. The minimum atomic E-state index is -4.43. The Hall–Kier alpha value is -4.99. The van der Waals surface area contributed by atoms with Crippen LogP contribution in [0.15, 0.2) is 97.1 Å². The number of nitrogens with one attached hydrogen (secondary N) is 3. The Morgan fingerprint density at radius 2 is 1.38 bits per heavy atom. The second-order valence-electron chi connectivity index (χ2n) is 12.2. The molecule has 4 rings (SSSR count). The lowest BCUT2D eigenvalue weighted by Crippen LogP contribution is -2.54. The molecular formula is C36H41N4O7P. The van der Waals surface area contributed by atoms with E-state index in [1.54, 1.807) is 60.7 Å². The summed E-state index contributed by atoms with van der Waals surface area (Å²) in [6.07, 6.45) is -0.663. The van der Waals surface area contributed by atoms with Crippen LogP contribution < -0.4 is 21.7 Å². The third-order valence-corrected chi connectivity index (χ3v) is 9.86. The average Bonchev–Trinajstić information content (AvgIpc) is 3.04. The molecule has 0 bridgehead atoms. The van der Waals surface area contributed by atoms with Crippen molar-refractivity contribution in [3.8, 4) is 5.75 Å². The van der Waals surface area contributed by atoms with Crippen molar-refractivity contribution in [2.75, 3.05) is 6.16 Å². The number of hydrogen-bond donors (Lipinski definition) is 6. The first kappa shape index (κ1) is 35.9. The molecule has 0 aliphatic rings. The fourth-order valence-electron chi connectivity index (χ4n) is 5.32. The second-order valence-corrected chi connectivity index (χ2v) is 14.7. The average molecular weight is 673 g/mol. The van der Waals surface area contributed by atoms with Gasteiger partial charge in [0.25, 0.3) is 5.91 Å². The van der Waals surface area contributed by atoms with Crippen molar-refractivity contribution in [1.82, 2.24) is 16.0 Å². The molecule has 4 atom stereocenters. The monoisotopic (exact) mass is 672 g/mol. The first-order valence-corrected chi connectivity index (χ1v) is 17.5. The Bertz CT molecular complexity index is 1800. The Labute approximate surface area is 279 Å². The van der Waals surface area contributed by atoms with Crippen molar-refractivity contribution in [3.63, 3.8) is 0 Å². The van der Waals surface area contributed by atoms with Crippen molar-refractivity contribution in [1.29, 1.82) is 0 Å². The zero-order valence-corrected chi connectivity index (χ0v) is 27.7. The van der Waals surface area contributed by atoms with Crippen molar-refractivity contribution >= 4 is 41.8 Å². The number of primary amides is 1. The molecule has 12 heteroatoms. The summed E-state index contributed by atoms with van der Waals surface area (Å²) >= 11 is 0. The van der Waals surface area contributed by atoms with E-state index in [2.05, 4.69) is 16.0 Å². The summed E-state index contributed by atoms with van der Waals surface area (Å²) in [7, 11) is -4.43. The minimum Gasteiger partial charge on any atom is -0.508 e. The van der Waals surface area contributed by atoms with Crippen molar-refractivity contribution < 1.29 is 33.7 Å². The van der Waals surface area contributed by atoms with Crippen LogP contribution in [-0.4, -0.2) is 57.7 Å². The molecule has 11 nitrogen and oxygen atoms in total. The van der Waals surface area contributed by atoms with E-state index in [4.69, 9.17) is 5.73 Å². The largest absolute Gasteiger partial charge is 0.508 e. The predicted molar refractivity (Wildman–Crippen MR) is 184 cm³/mol. The topological polar surface area (TPSA) is 188 Å². The summed E-state index contributed by atoms with van der Waals surface area (Å²) in [5.41, 5.74) is 7.17. The molecular weight excluding hydrogens is 631 g/mol. The van der Waals surface area contributed by atoms with Gasteiger partial charge in [0, 0.05) is 18.4 Å². The fourth-order valence-corrected chi connectivity index (χ4v) is 6.86. The smallest absolute Gasteiger partial charge is 0.251 e. The summed E-state index contributed by atoms with van der Waals surface area (Å²) in [6, 6.07) is 25.3. The van der Waals surface area contributed by atoms with E-state index >= 15 is 0 Å². The van der Waals surface area contributed by atoms with Crippen LogP contribution in [0.1, 0.15) is 41.8 Å². The van der Waals surface area contributed by atoms with Crippen LogP contribution in [0.25, 0.3) is 10.8 Å². The number of hydrogen-bond acceptors (Lipinski definition) is 6. The van der Waals surface area contributed by atoms with E-state index in [1.807, 2.05) is 38.1 Å². The molecule has 252 valence electrons. The van der Waals surface area contributed by atoms with Crippen LogP contribution in [0, 0.1) is 5.92 Å². The number of phenols is 1. The van der Waals surface area contributed by atoms with E-state index in [0.717, 1.165) is 10.8 Å². The van der Waals surface area contributed by atoms with Crippen LogP contribution in [-0.2, 0) is 31.8 Å². The number of nitrogens with two attached hydrogens (primary N) is 1. The lowest BCUT2D eigenvalue weighted by molar-refractivity contribution is -0.131. The molecule has 0 radical (unpaired) electrons. The quantitative estimate of drug-likeness (QED) is 0.103. The first-order chi connectivity index (χ1) is 22.8. The van der Waals surface area contributed by atoms with E-state index in [0.29, 0.717) is 16.7 Å². The molecule has 0 heterocycles. The molecule has 4 aromatic rings. The number of benzene rings is 4. The highest BCUT2D eigenvalue weighted by Crippen LogP contribution is 2.46. The van der Waals surface area contributed by atoms with Gasteiger partial charge in [0.1, 0.15) is 29.8 Å². The number of fused-ring (bicyclic) bond motifs is 1. The van der Waals surface area contributed by atoms with Crippen LogP contribution in [0.5, 0.6) is 5.75 Å². The van der Waals surface area contributed by atoms with Crippen LogP contribution in [0.2, 0.25) is 0 Å². The number of carbonyl (C=O) groups excluding carboxylic acids is 4. The van der Waals surface area contributed by atoms with Gasteiger partial charge in [-0.2, -0.15) is 0 Å². The van der Waals surface area contributed by atoms with E-state index in [1.165, 1.54) is 12.1 Å². The van der Waals surface area contributed by atoms with Gasteiger partial charge >= 0.3 is 0 Å². The molecule has 0 aliphatic heterocycles. The highest BCUT2D eigenvalue weighted by atomic mass is 31.2. The van der Waals surface area contributed by atoms with Crippen molar-refractivity contribution in [3.05, 3.63) is 114 Å². The summed E-state index contributed by atoms with van der Waals surface area (Å²) in [5.74, 6) is -4.26. The standard InChI is InChI=1S/C36H41N4O7P/c1-23(2)18-31(36(45)39-30(34(37)43)19-25-12-16-29(41)17-13-25)38-32(42)22-48(46,47)33(20-24-8-4-3-5-9-24)40-35(44)28-15-14-26-10-6-7-11-27(26)21-28/h3-17,21,23,30-31,33,41H,18-20,22H2,1-2H3,(H2,37,43)(H,38,42)(H,39,45)(H,40,44)(H,46,47)/t30-,31-,33?/m0/s1. The van der Waals surface area contributed by atoms with Gasteiger partial charge in [0.2, 0.25) is 25.1 Å².